The number of fused-ring (bicyclic) bond motifs is 1. The molecule has 12 nitrogen and oxygen atoms in total. The minimum atomic E-state index is -3.69. The van der Waals surface area contributed by atoms with E-state index in [1.165, 1.54) is 33.5 Å². The molecular formula is C29H37ClN2O10S. The Bertz CT molecular complexity index is 1540. The lowest BCUT2D eigenvalue weighted by atomic mass is 10.1. The number of carbonyl (C=O) groups excluding carboxylic acids is 2. The van der Waals surface area contributed by atoms with Gasteiger partial charge < -0.3 is 23.7 Å². The van der Waals surface area contributed by atoms with E-state index in [0.717, 1.165) is 6.26 Å². The zero-order valence-electron chi connectivity index (χ0n) is 25.3. The van der Waals surface area contributed by atoms with Crippen molar-refractivity contribution in [1.29, 1.82) is 0 Å². The summed E-state index contributed by atoms with van der Waals surface area (Å²) >= 11 is 6.44. The highest BCUT2D eigenvalue weighted by atomic mass is 35.5. The number of ether oxygens (including phenoxy) is 5. The maximum Gasteiger partial charge on any atom is 0.338 e. The summed E-state index contributed by atoms with van der Waals surface area (Å²) in [5.41, 5.74) is 0.420. The average molecular weight is 641 g/mol. The van der Waals surface area contributed by atoms with Gasteiger partial charge in [0, 0.05) is 18.4 Å². The van der Waals surface area contributed by atoms with Crippen LogP contribution in [0.5, 0.6) is 17.2 Å². The maximum atomic E-state index is 13.1. The molecular weight excluding hydrogens is 604 g/mol. The van der Waals surface area contributed by atoms with Gasteiger partial charge in [0.25, 0.3) is 10.1 Å². The number of aromatic nitrogens is 2. The SMILES string of the molecule is COc1cc(C(=O)OC(CCCn2ncc3c(Cl)cc(C(=O)OC(C)(C)C)cc32)CCOS(C)(=O)=O)cc(OC)c1OC. The first-order valence-electron chi connectivity index (χ1n) is 13.4. The van der Waals surface area contributed by atoms with Gasteiger partial charge >= 0.3 is 11.9 Å². The Morgan fingerprint density at radius 1 is 0.953 bits per heavy atom. The highest BCUT2D eigenvalue weighted by molar-refractivity contribution is 7.85. The fourth-order valence-electron chi connectivity index (χ4n) is 4.25. The van der Waals surface area contributed by atoms with Crippen LogP contribution in [0.15, 0.2) is 30.5 Å². The molecule has 0 amide bonds. The molecule has 3 rings (SSSR count). The molecule has 2 aromatic carbocycles. The molecule has 0 bridgehead atoms. The van der Waals surface area contributed by atoms with E-state index >= 15 is 0 Å². The van der Waals surface area contributed by atoms with E-state index in [1.807, 2.05) is 0 Å². The fourth-order valence-corrected chi connectivity index (χ4v) is 4.91. The molecule has 0 aliphatic heterocycles. The second-order valence-corrected chi connectivity index (χ2v) is 12.7. The minimum Gasteiger partial charge on any atom is -0.493 e. The van der Waals surface area contributed by atoms with Crippen LogP contribution in [0.2, 0.25) is 5.02 Å². The number of methoxy groups -OCH3 is 3. The molecule has 3 aromatic rings. The van der Waals surface area contributed by atoms with Crippen molar-refractivity contribution >= 4 is 44.6 Å². The third kappa shape index (κ3) is 9.47. The summed E-state index contributed by atoms with van der Waals surface area (Å²) in [7, 11) is 0.626. The van der Waals surface area contributed by atoms with E-state index in [2.05, 4.69) is 5.10 Å². The van der Waals surface area contributed by atoms with Gasteiger partial charge in [-0.15, -0.1) is 0 Å². The van der Waals surface area contributed by atoms with Crippen molar-refractivity contribution in [2.75, 3.05) is 34.2 Å². The Kier molecular flexibility index (Phi) is 11.3. The van der Waals surface area contributed by atoms with Gasteiger partial charge in [-0.1, -0.05) is 11.6 Å². The first-order chi connectivity index (χ1) is 20.2. The molecule has 0 fully saturated rings. The standard InChI is InChI=1S/C29H37ClN2O10S/c1-29(2,3)42-28(34)18-13-22(30)21-17-31-32(23(21)14-18)11-8-9-20(10-12-40-43(7,35)36)41-27(33)19-15-24(37-4)26(39-6)25(16-19)38-5/h13-17,20H,8-12H2,1-7H3. The van der Waals surface area contributed by atoms with Crippen molar-refractivity contribution in [2.45, 2.75) is 58.3 Å². The van der Waals surface area contributed by atoms with E-state index in [4.69, 9.17) is 39.5 Å². The van der Waals surface area contributed by atoms with Crippen molar-refractivity contribution in [1.82, 2.24) is 9.78 Å². The highest BCUT2D eigenvalue weighted by Crippen LogP contribution is 2.38. The molecule has 1 heterocycles. The number of hydrogen-bond acceptors (Lipinski definition) is 11. The van der Waals surface area contributed by atoms with E-state index in [9.17, 15) is 18.0 Å². The summed E-state index contributed by atoms with van der Waals surface area (Å²) < 4.78 is 56.8. The summed E-state index contributed by atoms with van der Waals surface area (Å²) in [5.74, 6) is -0.293. The van der Waals surface area contributed by atoms with Gasteiger partial charge in [-0.05, 0) is 57.9 Å². The fraction of sp³-hybridized carbons (Fsp3) is 0.483. The van der Waals surface area contributed by atoms with E-state index in [0.29, 0.717) is 46.6 Å². The van der Waals surface area contributed by atoms with Crippen LogP contribution in [-0.4, -0.2) is 76.0 Å². The van der Waals surface area contributed by atoms with Crippen LogP contribution in [0.3, 0.4) is 0 Å². The number of benzene rings is 2. The minimum absolute atomic E-state index is 0.123. The van der Waals surface area contributed by atoms with E-state index < -0.39 is 33.8 Å². The molecule has 1 atom stereocenters. The Balaban J connectivity index is 1.78. The van der Waals surface area contributed by atoms with Gasteiger partial charge in [0.15, 0.2) is 11.5 Å². The largest absolute Gasteiger partial charge is 0.493 e. The average Bonchev–Trinajstić information content (AvgIpc) is 3.33. The second-order valence-electron chi connectivity index (χ2n) is 10.7. The van der Waals surface area contributed by atoms with Crippen LogP contribution in [-0.2, 0) is 30.3 Å². The molecule has 236 valence electrons. The highest BCUT2D eigenvalue weighted by Gasteiger charge is 2.23. The van der Waals surface area contributed by atoms with Crippen LogP contribution in [0.4, 0.5) is 0 Å². The number of halogens is 1. The molecule has 0 spiro atoms. The number of aryl methyl sites for hydroxylation is 1. The first kappa shape index (κ1) is 33.9. The van der Waals surface area contributed by atoms with Crippen molar-refractivity contribution in [3.8, 4) is 17.2 Å². The normalized spacial score (nSPS) is 12.6. The smallest absolute Gasteiger partial charge is 0.338 e. The van der Waals surface area contributed by atoms with Gasteiger partial charge in [-0.25, -0.2) is 9.59 Å². The molecule has 0 aliphatic rings. The van der Waals surface area contributed by atoms with Crippen molar-refractivity contribution in [2.24, 2.45) is 0 Å². The lowest BCUT2D eigenvalue weighted by Gasteiger charge is -2.20. The van der Waals surface area contributed by atoms with Crippen molar-refractivity contribution in [3.63, 3.8) is 0 Å². The molecule has 0 saturated heterocycles. The third-order valence-corrected chi connectivity index (χ3v) is 7.06. The summed E-state index contributed by atoms with van der Waals surface area (Å²) in [6.07, 6.45) is 2.82. The van der Waals surface area contributed by atoms with Gasteiger partial charge in [0.1, 0.15) is 11.7 Å². The van der Waals surface area contributed by atoms with E-state index in [1.54, 1.807) is 43.8 Å². The maximum absolute atomic E-state index is 13.1. The summed E-state index contributed by atoms with van der Waals surface area (Å²) in [5, 5.41) is 5.44. The van der Waals surface area contributed by atoms with Gasteiger partial charge in [0.2, 0.25) is 5.75 Å². The first-order valence-corrected chi connectivity index (χ1v) is 15.6. The Morgan fingerprint density at radius 3 is 2.14 bits per heavy atom. The van der Waals surface area contributed by atoms with Crippen LogP contribution < -0.4 is 14.2 Å². The summed E-state index contributed by atoms with van der Waals surface area (Å²) in [6, 6.07) is 6.15. The van der Waals surface area contributed by atoms with Gasteiger partial charge in [-0.2, -0.15) is 13.5 Å². The molecule has 43 heavy (non-hydrogen) atoms. The van der Waals surface area contributed by atoms with E-state index in [-0.39, 0.29) is 30.1 Å². The third-order valence-electron chi connectivity index (χ3n) is 6.15. The quantitative estimate of drug-likeness (QED) is 0.173. The zero-order chi connectivity index (χ0) is 31.9. The topological polar surface area (TPSA) is 141 Å². The number of nitrogens with zero attached hydrogens (tertiary/aromatic N) is 2. The molecule has 0 saturated carbocycles. The molecule has 0 N–H and O–H groups in total. The number of rotatable bonds is 14. The predicted octanol–water partition coefficient (Wildman–Crippen LogP) is 5.04. The Labute approximate surface area is 256 Å². The summed E-state index contributed by atoms with van der Waals surface area (Å²) in [6.45, 7) is 5.55. The number of carbonyl (C=O) groups is 2. The molecule has 1 unspecified atom stereocenters. The molecule has 0 radical (unpaired) electrons. The zero-order valence-corrected chi connectivity index (χ0v) is 26.8. The second kappa shape index (κ2) is 14.3. The van der Waals surface area contributed by atoms with Crippen molar-refractivity contribution < 1.29 is 45.9 Å². The monoisotopic (exact) mass is 640 g/mol. The Hall–Kier alpha value is -3.55. The van der Waals surface area contributed by atoms with Crippen LogP contribution in [0.1, 0.15) is 60.7 Å². The lowest BCUT2D eigenvalue weighted by molar-refractivity contribution is 0.00688. The Morgan fingerprint density at radius 2 is 1.58 bits per heavy atom. The number of hydrogen-bond donors (Lipinski definition) is 0. The molecule has 1 aromatic heterocycles. The molecule has 14 heteroatoms. The predicted molar refractivity (Wildman–Crippen MR) is 160 cm³/mol. The van der Waals surface area contributed by atoms with Gasteiger partial charge in [-0.3, -0.25) is 8.86 Å². The number of esters is 2. The lowest BCUT2D eigenvalue weighted by Crippen LogP contribution is -2.24. The van der Waals surface area contributed by atoms with Gasteiger partial charge in [0.05, 0.1) is 62.1 Å². The van der Waals surface area contributed by atoms with Crippen LogP contribution >= 0.6 is 11.6 Å². The summed E-state index contributed by atoms with van der Waals surface area (Å²) in [4.78, 5) is 25.8. The van der Waals surface area contributed by atoms with Crippen LogP contribution in [0.25, 0.3) is 10.9 Å². The van der Waals surface area contributed by atoms with Crippen LogP contribution in [0, 0.1) is 0 Å². The molecule has 0 aliphatic carbocycles. The van der Waals surface area contributed by atoms with Crippen molar-refractivity contribution in [3.05, 3.63) is 46.6 Å².